The Kier molecular flexibility index (Phi) is 13.2. The molecule has 0 amide bonds. The van der Waals surface area contributed by atoms with Gasteiger partial charge in [-0.15, -0.1) is 0 Å². The fraction of sp³-hybridized carbons (Fsp3) is 0.905. The molecular formula is C21H40O6. The van der Waals surface area contributed by atoms with E-state index in [0.717, 1.165) is 12.8 Å². The molecule has 1 saturated heterocycles. The van der Waals surface area contributed by atoms with E-state index in [-0.39, 0.29) is 19.4 Å². The first-order valence-electron chi connectivity index (χ1n) is 10.6. The maximum atomic E-state index is 10.1. The van der Waals surface area contributed by atoms with Gasteiger partial charge in [-0.1, -0.05) is 70.4 Å². The summed E-state index contributed by atoms with van der Waals surface area (Å²) in [5.74, 6) is 0. The van der Waals surface area contributed by atoms with Gasteiger partial charge in [0.05, 0.1) is 31.0 Å². The molecule has 6 unspecified atom stereocenters. The highest BCUT2D eigenvalue weighted by atomic mass is 16.5. The van der Waals surface area contributed by atoms with Gasteiger partial charge in [0.15, 0.2) is 0 Å². The monoisotopic (exact) mass is 388 g/mol. The van der Waals surface area contributed by atoms with Crippen LogP contribution in [0.3, 0.4) is 0 Å². The Morgan fingerprint density at radius 1 is 0.926 bits per heavy atom. The molecule has 27 heavy (non-hydrogen) atoms. The van der Waals surface area contributed by atoms with Gasteiger partial charge in [0, 0.05) is 6.42 Å². The predicted octanol–water partition coefficient (Wildman–Crippen LogP) is 2.06. The molecule has 1 fully saturated rings. The van der Waals surface area contributed by atoms with Crippen molar-refractivity contribution in [3.8, 4) is 0 Å². The van der Waals surface area contributed by atoms with Crippen LogP contribution in [0.5, 0.6) is 0 Å². The van der Waals surface area contributed by atoms with Crippen molar-refractivity contribution in [1.82, 2.24) is 0 Å². The van der Waals surface area contributed by atoms with Gasteiger partial charge in [-0.3, -0.25) is 0 Å². The van der Waals surface area contributed by atoms with E-state index in [4.69, 9.17) is 9.84 Å². The minimum atomic E-state index is -0.881. The summed E-state index contributed by atoms with van der Waals surface area (Å²) in [5.41, 5.74) is 0. The van der Waals surface area contributed by atoms with Crippen molar-refractivity contribution >= 4 is 0 Å². The lowest BCUT2D eigenvalue weighted by atomic mass is 9.97. The van der Waals surface area contributed by atoms with Crippen LogP contribution in [-0.2, 0) is 4.74 Å². The fourth-order valence-corrected chi connectivity index (χ4v) is 3.44. The van der Waals surface area contributed by atoms with E-state index in [9.17, 15) is 20.4 Å². The molecule has 0 saturated carbocycles. The number of unbranched alkanes of at least 4 members (excludes halogenated alkanes) is 7. The van der Waals surface area contributed by atoms with Gasteiger partial charge in [-0.25, -0.2) is 0 Å². The molecular weight excluding hydrogens is 348 g/mol. The molecule has 160 valence electrons. The lowest BCUT2D eigenvalue weighted by molar-refractivity contribution is -0.163. The minimum absolute atomic E-state index is 0.143. The molecule has 0 aliphatic carbocycles. The summed E-state index contributed by atoms with van der Waals surface area (Å²) in [6.45, 7) is 1.90. The second kappa shape index (κ2) is 14.5. The number of hydrogen-bond donors (Lipinski definition) is 5. The van der Waals surface area contributed by atoms with Gasteiger partial charge >= 0.3 is 0 Å². The molecule has 1 heterocycles. The third-order valence-electron chi connectivity index (χ3n) is 5.30. The molecule has 0 bridgehead atoms. The van der Waals surface area contributed by atoms with Crippen LogP contribution in [0.4, 0.5) is 0 Å². The van der Waals surface area contributed by atoms with E-state index in [1.165, 1.54) is 38.5 Å². The average molecular weight is 389 g/mol. The van der Waals surface area contributed by atoms with Gasteiger partial charge in [-0.2, -0.15) is 0 Å². The normalized spacial score (nSPS) is 28.5. The third-order valence-corrected chi connectivity index (χ3v) is 5.30. The maximum Gasteiger partial charge on any atom is 0.107 e. The van der Waals surface area contributed by atoms with Crippen LogP contribution >= 0.6 is 0 Å². The number of rotatable bonds is 14. The van der Waals surface area contributed by atoms with Crippen LogP contribution in [-0.4, -0.2) is 68.8 Å². The van der Waals surface area contributed by atoms with E-state index in [2.05, 4.69) is 6.92 Å². The van der Waals surface area contributed by atoms with Crippen molar-refractivity contribution in [2.45, 2.75) is 114 Å². The van der Waals surface area contributed by atoms with E-state index in [1.54, 1.807) is 12.2 Å². The number of ether oxygens (including phenoxy) is 1. The van der Waals surface area contributed by atoms with Crippen molar-refractivity contribution in [3.05, 3.63) is 12.2 Å². The molecule has 6 heteroatoms. The van der Waals surface area contributed by atoms with Gasteiger partial charge in [0.25, 0.3) is 0 Å². The Bertz CT molecular complexity index is 389. The lowest BCUT2D eigenvalue weighted by Crippen LogP contribution is -2.47. The summed E-state index contributed by atoms with van der Waals surface area (Å²) in [7, 11) is 0. The Hall–Kier alpha value is -0.500. The van der Waals surface area contributed by atoms with E-state index >= 15 is 0 Å². The van der Waals surface area contributed by atoms with Crippen molar-refractivity contribution in [1.29, 1.82) is 0 Å². The topological polar surface area (TPSA) is 110 Å². The standard InChI is InChI=1S/C21H40O6/c1-2-3-4-5-6-7-8-9-11-16(23)17(24)12-10-13-20-18(25)14-19(26)21(15-22)27-20/h10,13,16-26H,2-9,11-12,14-15H2,1H3/b13-10+. The summed E-state index contributed by atoms with van der Waals surface area (Å²) in [6.07, 6.45) is 9.25. The summed E-state index contributed by atoms with van der Waals surface area (Å²) in [5, 5.41) is 48.9. The third kappa shape index (κ3) is 10.0. The predicted molar refractivity (Wildman–Crippen MR) is 105 cm³/mol. The summed E-state index contributed by atoms with van der Waals surface area (Å²) in [4.78, 5) is 0. The highest BCUT2D eigenvalue weighted by Gasteiger charge is 2.34. The molecule has 1 aliphatic heterocycles. The van der Waals surface area contributed by atoms with Gasteiger partial charge < -0.3 is 30.3 Å². The van der Waals surface area contributed by atoms with E-state index in [0.29, 0.717) is 6.42 Å². The summed E-state index contributed by atoms with van der Waals surface area (Å²) < 4.78 is 5.45. The van der Waals surface area contributed by atoms with Crippen molar-refractivity contribution in [2.75, 3.05) is 6.61 Å². The Labute approximate surface area is 163 Å². The van der Waals surface area contributed by atoms with E-state index < -0.39 is 36.6 Å². The number of aliphatic hydroxyl groups excluding tert-OH is 5. The first-order valence-corrected chi connectivity index (χ1v) is 10.6. The van der Waals surface area contributed by atoms with Crippen LogP contribution in [0, 0.1) is 0 Å². The molecule has 0 aromatic heterocycles. The second-order valence-corrected chi connectivity index (χ2v) is 7.75. The smallest absolute Gasteiger partial charge is 0.107 e. The molecule has 1 rings (SSSR count). The largest absolute Gasteiger partial charge is 0.394 e. The van der Waals surface area contributed by atoms with Gasteiger partial charge in [0.2, 0.25) is 0 Å². The molecule has 0 spiro atoms. The zero-order valence-corrected chi connectivity index (χ0v) is 16.7. The molecule has 0 aromatic rings. The average Bonchev–Trinajstić information content (AvgIpc) is 2.65. The van der Waals surface area contributed by atoms with Crippen LogP contribution in [0.25, 0.3) is 0 Å². The highest BCUT2D eigenvalue weighted by molar-refractivity contribution is 4.99. The zero-order chi connectivity index (χ0) is 20.1. The summed E-state index contributed by atoms with van der Waals surface area (Å²) in [6, 6.07) is 0. The molecule has 6 atom stereocenters. The Morgan fingerprint density at radius 3 is 2.19 bits per heavy atom. The molecule has 0 radical (unpaired) electrons. The van der Waals surface area contributed by atoms with Crippen molar-refractivity contribution in [2.24, 2.45) is 0 Å². The summed E-state index contributed by atoms with van der Waals surface area (Å²) >= 11 is 0. The number of hydrogen-bond acceptors (Lipinski definition) is 6. The van der Waals surface area contributed by atoms with Gasteiger partial charge in [-0.05, 0) is 12.8 Å². The van der Waals surface area contributed by atoms with Gasteiger partial charge in [0.1, 0.15) is 12.2 Å². The Morgan fingerprint density at radius 2 is 1.56 bits per heavy atom. The molecule has 6 nitrogen and oxygen atoms in total. The van der Waals surface area contributed by atoms with Crippen LogP contribution in [0.1, 0.15) is 77.6 Å². The molecule has 0 aromatic carbocycles. The van der Waals surface area contributed by atoms with Crippen molar-refractivity contribution < 1.29 is 30.3 Å². The van der Waals surface area contributed by atoms with Crippen LogP contribution < -0.4 is 0 Å². The quantitative estimate of drug-likeness (QED) is 0.230. The SMILES string of the molecule is CCCCCCCCCCC(O)C(O)C/C=C/C1OC(CO)C(O)CC1O. The maximum absolute atomic E-state index is 10.1. The van der Waals surface area contributed by atoms with Crippen LogP contribution in [0.15, 0.2) is 12.2 Å². The number of aliphatic hydroxyl groups is 5. The highest BCUT2D eigenvalue weighted by Crippen LogP contribution is 2.21. The zero-order valence-electron chi connectivity index (χ0n) is 16.7. The first kappa shape index (κ1) is 24.5. The fourth-order valence-electron chi connectivity index (χ4n) is 3.44. The van der Waals surface area contributed by atoms with Crippen LogP contribution in [0.2, 0.25) is 0 Å². The van der Waals surface area contributed by atoms with Crippen molar-refractivity contribution in [3.63, 3.8) is 0 Å². The molecule has 1 aliphatic rings. The molecule has 5 N–H and O–H groups in total. The minimum Gasteiger partial charge on any atom is -0.394 e. The van der Waals surface area contributed by atoms with E-state index in [1.807, 2.05) is 0 Å². The second-order valence-electron chi connectivity index (χ2n) is 7.75. The lowest BCUT2D eigenvalue weighted by Gasteiger charge is -2.35. The Balaban J connectivity index is 2.17. The first-order chi connectivity index (χ1) is 13.0.